The Balaban J connectivity index is 2.55. The quantitative estimate of drug-likeness (QED) is 0.535. The minimum atomic E-state index is 1.08. The number of hydrogen-bond donors (Lipinski definition) is 2. The summed E-state index contributed by atoms with van der Waals surface area (Å²) in [5.41, 5.74) is 1.08. The predicted molar refractivity (Wildman–Crippen MR) is 38.6 cm³/mol. The van der Waals surface area contributed by atoms with Crippen LogP contribution in [0.25, 0.3) is 0 Å². The van der Waals surface area contributed by atoms with Crippen LogP contribution in [0.1, 0.15) is 0 Å². The van der Waals surface area contributed by atoms with E-state index in [0.29, 0.717) is 0 Å². The average Bonchev–Trinajstić information content (AvgIpc) is 1.91. The fraction of sp³-hybridized carbons (Fsp3) is 0.143. The lowest BCUT2D eigenvalue weighted by Gasteiger charge is -2.03. The van der Waals surface area contributed by atoms with E-state index in [1.54, 1.807) is 0 Å². The second-order valence-corrected chi connectivity index (χ2v) is 1.75. The van der Waals surface area contributed by atoms with Crippen molar-refractivity contribution in [2.24, 2.45) is 0 Å². The number of rotatable bonds is 1. The fourth-order valence-electron chi connectivity index (χ4n) is 0.653. The molecule has 48 valence electrons. The van der Waals surface area contributed by atoms with Gasteiger partial charge in [-0.3, -0.25) is 0 Å². The van der Waals surface area contributed by atoms with Crippen LogP contribution in [0.3, 0.4) is 0 Å². The summed E-state index contributed by atoms with van der Waals surface area (Å²) in [6, 6.07) is 0. The van der Waals surface area contributed by atoms with Crippen LogP contribution in [0.5, 0.6) is 0 Å². The van der Waals surface area contributed by atoms with Crippen LogP contribution in [0.15, 0.2) is 36.3 Å². The zero-order valence-corrected chi connectivity index (χ0v) is 5.39. The van der Waals surface area contributed by atoms with E-state index < -0.39 is 0 Å². The van der Waals surface area contributed by atoms with Gasteiger partial charge in [0.1, 0.15) is 0 Å². The van der Waals surface area contributed by atoms with Crippen LogP contribution in [-0.4, -0.2) is 7.05 Å². The summed E-state index contributed by atoms with van der Waals surface area (Å²) in [4.78, 5) is 0. The smallest absolute Gasteiger partial charge is 0.0539 e. The maximum Gasteiger partial charge on any atom is 0.0539 e. The molecule has 2 heteroatoms. The molecule has 0 fully saturated rings. The molecule has 0 unspecified atom stereocenters. The van der Waals surface area contributed by atoms with Crippen molar-refractivity contribution in [1.29, 1.82) is 0 Å². The van der Waals surface area contributed by atoms with Crippen LogP contribution < -0.4 is 10.6 Å². The van der Waals surface area contributed by atoms with E-state index in [0.717, 1.165) is 5.70 Å². The Morgan fingerprint density at radius 3 is 3.00 bits per heavy atom. The molecule has 0 radical (unpaired) electrons. The van der Waals surface area contributed by atoms with Crippen LogP contribution >= 0.6 is 0 Å². The normalized spacial score (nSPS) is 19.9. The van der Waals surface area contributed by atoms with Gasteiger partial charge < -0.3 is 10.6 Å². The molecule has 0 atom stereocenters. The van der Waals surface area contributed by atoms with Crippen molar-refractivity contribution in [3.8, 4) is 0 Å². The number of dihydropyridines is 1. The van der Waals surface area contributed by atoms with Crippen LogP contribution in [-0.2, 0) is 0 Å². The SMILES string of the molecule is CN/C=C1/C=CC=CN1. The maximum absolute atomic E-state index is 3.05. The largest absolute Gasteiger partial charge is 0.392 e. The lowest BCUT2D eigenvalue weighted by Crippen LogP contribution is -2.08. The third-order valence-corrected chi connectivity index (χ3v) is 1.03. The van der Waals surface area contributed by atoms with Crippen LogP contribution in [0.4, 0.5) is 0 Å². The van der Waals surface area contributed by atoms with Gasteiger partial charge in [-0.05, 0) is 12.2 Å². The molecule has 2 N–H and O–H groups in total. The Morgan fingerprint density at radius 2 is 2.44 bits per heavy atom. The Kier molecular flexibility index (Phi) is 1.96. The van der Waals surface area contributed by atoms with E-state index >= 15 is 0 Å². The molecule has 0 aromatic rings. The molecule has 0 amide bonds. The van der Waals surface area contributed by atoms with Gasteiger partial charge in [0.25, 0.3) is 0 Å². The third-order valence-electron chi connectivity index (χ3n) is 1.03. The first-order valence-corrected chi connectivity index (χ1v) is 2.90. The first-order chi connectivity index (χ1) is 4.43. The third kappa shape index (κ3) is 1.64. The fourth-order valence-corrected chi connectivity index (χ4v) is 0.653. The average molecular weight is 122 g/mol. The predicted octanol–water partition coefficient (Wildman–Crippen LogP) is 0.720. The van der Waals surface area contributed by atoms with Gasteiger partial charge in [-0.1, -0.05) is 6.08 Å². The van der Waals surface area contributed by atoms with E-state index in [4.69, 9.17) is 0 Å². The summed E-state index contributed by atoms with van der Waals surface area (Å²) in [7, 11) is 1.88. The lowest BCUT2D eigenvalue weighted by molar-refractivity contribution is 1.01. The van der Waals surface area contributed by atoms with E-state index in [1.165, 1.54) is 0 Å². The summed E-state index contributed by atoms with van der Waals surface area (Å²) in [5.74, 6) is 0. The van der Waals surface area contributed by atoms with Crippen molar-refractivity contribution < 1.29 is 0 Å². The molecule has 1 aliphatic heterocycles. The standard InChI is InChI=1S/C7H10N2/c1-8-6-7-4-2-3-5-9-7/h2-6,8-9H,1H3/b7-6-. The molecule has 0 aliphatic carbocycles. The maximum atomic E-state index is 3.05. The molecule has 0 saturated heterocycles. The van der Waals surface area contributed by atoms with Gasteiger partial charge in [-0.2, -0.15) is 0 Å². The van der Waals surface area contributed by atoms with Gasteiger partial charge in [0.2, 0.25) is 0 Å². The summed E-state index contributed by atoms with van der Waals surface area (Å²) >= 11 is 0. The molecular formula is C7H10N2. The molecule has 1 rings (SSSR count). The Labute approximate surface area is 55.0 Å². The topological polar surface area (TPSA) is 24.1 Å². The molecule has 0 saturated carbocycles. The minimum Gasteiger partial charge on any atom is -0.392 e. The highest BCUT2D eigenvalue weighted by molar-refractivity contribution is 5.26. The molecule has 0 spiro atoms. The van der Waals surface area contributed by atoms with Crippen LogP contribution in [0.2, 0.25) is 0 Å². The molecular weight excluding hydrogens is 112 g/mol. The minimum absolute atomic E-state index is 1.08. The summed E-state index contributed by atoms with van der Waals surface area (Å²) < 4.78 is 0. The zero-order chi connectivity index (χ0) is 6.53. The van der Waals surface area contributed by atoms with Gasteiger partial charge in [0.15, 0.2) is 0 Å². The molecule has 1 heterocycles. The first-order valence-electron chi connectivity index (χ1n) is 2.90. The molecule has 0 aromatic carbocycles. The monoisotopic (exact) mass is 122 g/mol. The Bertz CT molecular complexity index is 166. The molecule has 1 aliphatic rings. The second-order valence-electron chi connectivity index (χ2n) is 1.75. The van der Waals surface area contributed by atoms with Gasteiger partial charge >= 0.3 is 0 Å². The van der Waals surface area contributed by atoms with Gasteiger partial charge in [-0.15, -0.1) is 0 Å². The van der Waals surface area contributed by atoms with Crippen molar-refractivity contribution in [3.05, 3.63) is 36.3 Å². The number of hydrogen-bond acceptors (Lipinski definition) is 2. The first kappa shape index (κ1) is 5.95. The molecule has 9 heavy (non-hydrogen) atoms. The summed E-state index contributed by atoms with van der Waals surface area (Å²) in [6.45, 7) is 0. The van der Waals surface area contributed by atoms with E-state index in [1.807, 2.05) is 37.7 Å². The van der Waals surface area contributed by atoms with Gasteiger partial charge in [0.05, 0.1) is 5.70 Å². The van der Waals surface area contributed by atoms with Crippen molar-refractivity contribution in [2.75, 3.05) is 7.05 Å². The number of allylic oxidation sites excluding steroid dienone is 3. The van der Waals surface area contributed by atoms with Crippen molar-refractivity contribution >= 4 is 0 Å². The van der Waals surface area contributed by atoms with Crippen LogP contribution in [0, 0.1) is 0 Å². The highest BCUT2D eigenvalue weighted by Gasteiger charge is 1.87. The van der Waals surface area contributed by atoms with Crippen molar-refractivity contribution in [1.82, 2.24) is 10.6 Å². The highest BCUT2D eigenvalue weighted by atomic mass is 14.9. The van der Waals surface area contributed by atoms with E-state index in [2.05, 4.69) is 10.6 Å². The lowest BCUT2D eigenvalue weighted by atomic mass is 10.3. The van der Waals surface area contributed by atoms with Gasteiger partial charge in [0, 0.05) is 19.4 Å². The Morgan fingerprint density at radius 1 is 1.56 bits per heavy atom. The van der Waals surface area contributed by atoms with Crippen molar-refractivity contribution in [3.63, 3.8) is 0 Å². The Hall–Kier alpha value is -1.18. The second kappa shape index (κ2) is 2.97. The molecule has 0 aromatic heterocycles. The van der Waals surface area contributed by atoms with E-state index in [-0.39, 0.29) is 0 Å². The summed E-state index contributed by atoms with van der Waals surface area (Å²) in [6.07, 6.45) is 9.73. The molecule has 2 nitrogen and oxygen atoms in total. The number of nitrogens with one attached hydrogen (secondary N) is 2. The highest BCUT2D eigenvalue weighted by Crippen LogP contribution is 1.95. The van der Waals surface area contributed by atoms with Crippen molar-refractivity contribution in [2.45, 2.75) is 0 Å². The van der Waals surface area contributed by atoms with Gasteiger partial charge in [-0.25, -0.2) is 0 Å². The van der Waals surface area contributed by atoms with E-state index in [9.17, 15) is 0 Å². The summed E-state index contributed by atoms with van der Waals surface area (Å²) in [5, 5.41) is 5.98. The molecule has 0 bridgehead atoms. The zero-order valence-electron chi connectivity index (χ0n) is 5.39.